The molecule has 0 aliphatic heterocycles. The van der Waals surface area contributed by atoms with Gasteiger partial charge in [-0.1, -0.05) is 0 Å². The second-order valence-electron chi connectivity index (χ2n) is 2.83. The summed E-state index contributed by atoms with van der Waals surface area (Å²) in [4.78, 5) is 18.5. The molecule has 0 bridgehead atoms. The van der Waals surface area contributed by atoms with E-state index in [4.69, 9.17) is 4.74 Å². The molecule has 0 atom stereocenters. The van der Waals surface area contributed by atoms with Crippen LogP contribution in [-0.4, -0.2) is 22.5 Å². The van der Waals surface area contributed by atoms with Gasteiger partial charge in [-0.3, -0.25) is 4.98 Å². The van der Waals surface area contributed by atoms with Gasteiger partial charge in [0.25, 0.3) is 0 Å². The second kappa shape index (κ2) is 3.49. The third-order valence-electron chi connectivity index (χ3n) is 1.96. The summed E-state index contributed by atoms with van der Waals surface area (Å²) in [7, 11) is 0. The number of aromatic nitrogens is 2. The monoisotopic (exact) mass is 190 g/mol. The number of esters is 1. The molecule has 0 radical (unpaired) electrons. The fourth-order valence-corrected chi connectivity index (χ4v) is 1.35. The Morgan fingerprint density at radius 2 is 2.43 bits per heavy atom. The molecule has 0 saturated carbocycles. The van der Waals surface area contributed by atoms with Gasteiger partial charge in [-0.2, -0.15) is 0 Å². The number of pyridine rings is 1. The van der Waals surface area contributed by atoms with Gasteiger partial charge in [-0.25, -0.2) is 4.79 Å². The number of carbonyl (C=O) groups excluding carboxylic acids is 1. The van der Waals surface area contributed by atoms with Crippen LogP contribution < -0.4 is 0 Å². The maximum absolute atomic E-state index is 11.5. The van der Waals surface area contributed by atoms with Crippen LogP contribution in [-0.2, 0) is 4.74 Å². The maximum atomic E-state index is 11.5. The van der Waals surface area contributed by atoms with Crippen LogP contribution in [0, 0.1) is 0 Å². The van der Waals surface area contributed by atoms with Gasteiger partial charge in [0.2, 0.25) is 0 Å². The van der Waals surface area contributed by atoms with Gasteiger partial charge in [0.1, 0.15) is 0 Å². The minimum atomic E-state index is -0.306. The number of carbonyl (C=O) groups is 1. The summed E-state index contributed by atoms with van der Waals surface area (Å²) < 4.78 is 4.92. The maximum Gasteiger partial charge on any atom is 0.338 e. The lowest BCUT2D eigenvalue weighted by molar-refractivity contribution is 0.0528. The minimum absolute atomic E-state index is 0.306. The van der Waals surface area contributed by atoms with Crippen molar-refractivity contribution >= 4 is 16.9 Å². The Morgan fingerprint density at radius 3 is 3.21 bits per heavy atom. The van der Waals surface area contributed by atoms with Crippen molar-refractivity contribution in [1.29, 1.82) is 0 Å². The third kappa shape index (κ3) is 1.35. The number of ether oxygens (including phenoxy) is 1. The Morgan fingerprint density at radius 1 is 1.57 bits per heavy atom. The van der Waals surface area contributed by atoms with E-state index in [1.54, 1.807) is 31.6 Å². The molecule has 4 heteroatoms. The van der Waals surface area contributed by atoms with E-state index in [2.05, 4.69) is 9.97 Å². The van der Waals surface area contributed by atoms with Gasteiger partial charge in [0, 0.05) is 24.0 Å². The third-order valence-corrected chi connectivity index (χ3v) is 1.96. The summed E-state index contributed by atoms with van der Waals surface area (Å²) in [5.41, 5.74) is 1.33. The first kappa shape index (κ1) is 8.74. The average molecular weight is 190 g/mol. The second-order valence-corrected chi connectivity index (χ2v) is 2.83. The highest BCUT2D eigenvalue weighted by molar-refractivity contribution is 6.03. The van der Waals surface area contributed by atoms with Gasteiger partial charge in [0.15, 0.2) is 0 Å². The molecule has 0 saturated heterocycles. The van der Waals surface area contributed by atoms with E-state index in [9.17, 15) is 4.79 Å². The summed E-state index contributed by atoms with van der Waals surface area (Å²) in [6.45, 7) is 2.17. The molecule has 4 nitrogen and oxygen atoms in total. The quantitative estimate of drug-likeness (QED) is 0.734. The van der Waals surface area contributed by atoms with E-state index in [-0.39, 0.29) is 5.97 Å². The lowest BCUT2D eigenvalue weighted by atomic mass is 10.2. The number of nitrogens with zero attached hydrogens (tertiary/aromatic N) is 1. The average Bonchev–Trinajstić information content (AvgIpc) is 2.65. The molecule has 14 heavy (non-hydrogen) atoms. The van der Waals surface area contributed by atoms with Crippen molar-refractivity contribution in [1.82, 2.24) is 9.97 Å². The molecule has 0 aliphatic rings. The van der Waals surface area contributed by atoms with E-state index in [1.807, 2.05) is 0 Å². The highest BCUT2D eigenvalue weighted by Crippen LogP contribution is 2.16. The lowest BCUT2D eigenvalue weighted by Gasteiger charge is -2.01. The molecule has 0 fully saturated rings. The Hall–Kier alpha value is -1.84. The van der Waals surface area contributed by atoms with Crippen molar-refractivity contribution in [3.05, 3.63) is 30.2 Å². The molecule has 0 unspecified atom stereocenters. The van der Waals surface area contributed by atoms with Crippen molar-refractivity contribution in [2.75, 3.05) is 6.61 Å². The highest BCUT2D eigenvalue weighted by atomic mass is 16.5. The van der Waals surface area contributed by atoms with E-state index < -0.39 is 0 Å². The minimum Gasteiger partial charge on any atom is -0.462 e. The van der Waals surface area contributed by atoms with Crippen LogP contribution in [0.5, 0.6) is 0 Å². The molecule has 0 spiro atoms. The number of H-pyrrole nitrogens is 1. The van der Waals surface area contributed by atoms with Gasteiger partial charge in [-0.05, 0) is 13.0 Å². The first-order valence-electron chi connectivity index (χ1n) is 4.41. The molecule has 1 N–H and O–H groups in total. The van der Waals surface area contributed by atoms with Gasteiger partial charge in [-0.15, -0.1) is 0 Å². The molecule has 0 amide bonds. The summed E-state index contributed by atoms with van der Waals surface area (Å²) >= 11 is 0. The van der Waals surface area contributed by atoms with Crippen LogP contribution in [0.25, 0.3) is 10.9 Å². The number of fused-ring (bicyclic) bond motifs is 1. The number of hydrogen-bond donors (Lipinski definition) is 1. The zero-order valence-electron chi connectivity index (χ0n) is 7.78. The first-order chi connectivity index (χ1) is 6.83. The predicted octanol–water partition coefficient (Wildman–Crippen LogP) is 1.74. The van der Waals surface area contributed by atoms with Crippen LogP contribution in [0.1, 0.15) is 17.3 Å². The fourth-order valence-electron chi connectivity index (χ4n) is 1.35. The number of nitrogens with one attached hydrogen (secondary N) is 1. The van der Waals surface area contributed by atoms with Crippen molar-refractivity contribution in [2.45, 2.75) is 6.92 Å². The molecule has 0 aromatic carbocycles. The Kier molecular flexibility index (Phi) is 2.18. The Balaban J connectivity index is 2.50. The zero-order chi connectivity index (χ0) is 9.97. The molecular formula is C10H10N2O2. The molecule has 2 heterocycles. The van der Waals surface area contributed by atoms with Gasteiger partial charge in [0.05, 0.1) is 17.7 Å². The van der Waals surface area contributed by atoms with Gasteiger partial charge < -0.3 is 9.72 Å². The van der Waals surface area contributed by atoms with E-state index in [0.29, 0.717) is 12.2 Å². The topological polar surface area (TPSA) is 55.0 Å². The van der Waals surface area contributed by atoms with Crippen LogP contribution in [0.2, 0.25) is 0 Å². The smallest absolute Gasteiger partial charge is 0.338 e. The number of aromatic amines is 1. The van der Waals surface area contributed by atoms with Crippen molar-refractivity contribution in [3.63, 3.8) is 0 Å². The molecule has 2 aromatic heterocycles. The van der Waals surface area contributed by atoms with Crippen molar-refractivity contribution < 1.29 is 9.53 Å². The predicted molar refractivity (Wildman–Crippen MR) is 52.1 cm³/mol. The normalized spacial score (nSPS) is 10.4. The molecular weight excluding hydrogens is 180 g/mol. The summed E-state index contributed by atoms with van der Waals surface area (Å²) in [6, 6.07) is 1.66. The Bertz CT molecular complexity index is 462. The summed E-state index contributed by atoms with van der Waals surface area (Å²) in [5, 5.41) is 0.797. The fraction of sp³-hybridized carbons (Fsp3) is 0.200. The summed E-state index contributed by atoms with van der Waals surface area (Å²) in [5.74, 6) is -0.306. The standard InChI is InChI=1S/C10H10N2O2/c1-2-14-10(13)7-3-4-12-9-6-11-5-8(7)9/h3-6,11H,2H2,1H3. The Labute approximate surface area is 80.9 Å². The molecule has 2 aromatic rings. The SMILES string of the molecule is CCOC(=O)c1ccnc2c[nH]cc12. The summed E-state index contributed by atoms with van der Waals surface area (Å²) in [6.07, 6.45) is 5.09. The molecule has 72 valence electrons. The molecule has 2 rings (SSSR count). The molecule has 0 aliphatic carbocycles. The van der Waals surface area contributed by atoms with Crippen LogP contribution in [0.4, 0.5) is 0 Å². The van der Waals surface area contributed by atoms with Crippen molar-refractivity contribution in [3.8, 4) is 0 Å². The van der Waals surface area contributed by atoms with Crippen molar-refractivity contribution in [2.24, 2.45) is 0 Å². The number of rotatable bonds is 2. The number of hydrogen-bond acceptors (Lipinski definition) is 3. The first-order valence-corrected chi connectivity index (χ1v) is 4.41. The van der Waals surface area contributed by atoms with Crippen LogP contribution >= 0.6 is 0 Å². The zero-order valence-corrected chi connectivity index (χ0v) is 7.78. The van der Waals surface area contributed by atoms with Crippen LogP contribution in [0.3, 0.4) is 0 Å². The highest BCUT2D eigenvalue weighted by Gasteiger charge is 2.11. The van der Waals surface area contributed by atoms with E-state index >= 15 is 0 Å². The van der Waals surface area contributed by atoms with E-state index in [0.717, 1.165) is 10.9 Å². The van der Waals surface area contributed by atoms with E-state index in [1.165, 1.54) is 0 Å². The van der Waals surface area contributed by atoms with Gasteiger partial charge >= 0.3 is 5.97 Å². The lowest BCUT2D eigenvalue weighted by Crippen LogP contribution is -2.04. The van der Waals surface area contributed by atoms with Crippen LogP contribution in [0.15, 0.2) is 24.7 Å². The largest absolute Gasteiger partial charge is 0.462 e.